The van der Waals surface area contributed by atoms with E-state index < -0.39 is 0 Å². The first-order valence-electron chi connectivity index (χ1n) is 1.68. The van der Waals surface area contributed by atoms with Crippen molar-refractivity contribution >= 4 is 23.2 Å². The third kappa shape index (κ3) is 1.11. The third-order valence-electron chi connectivity index (χ3n) is 0.535. The van der Waals surface area contributed by atoms with E-state index in [9.17, 15) is 0 Å². The maximum absolute atomic E-state index is 5.38. The van der Waals surface area contributed by atoms with E-state index in [2.05, 4.69) is 4.42 Å². The molecule has 0 spiro atoms. The Kier molecular flexibility index (Phi) is 1.26. The van der Waals surface area contributed by atoms with Gasteiger partial charge in [-0.3, -0.25) is 0 Å². The largest absolute Gasteiger partial charge is 0.451 e. The van der Waals surface area contributed by atoms with E-state index in [-0.39, 0.29) is 0 Å². The zero-order valence-corrected chi connectivity index (χ0v) is 4.83. The lowest BCUT2D eigenvalue weighted by Crippen LogP contribution is -1.38. The van der Waals surface area contributed by atoms with E-state index in [1.54, 1.807) is 0 Å². The minimum absolute atomic E-state index is 0.324. The summed E-state index contributed by atoms with van der Waals surface area (Å²) >= 11 is 10.7. The van der Waals surface area contributed by atoms with Gasteiger partial charge in [0.1, 0.15) is 6.26 Å². The minimum Gasteiger partial charge on any atom is -0.451 e. The molecule has 3 heteroatoms. The van der Waals surface area contributed by atoms with Crippen LogP contribution in [0.15, 0.2) is 16.7 Å². The van der Waals surface area contributed by atoms with Crippen molar-refractivity contribution in [2.75, 3.05) is 0 Å². The molecule has 7 heavy (non-hydrogen) atoms. The highest BCUT2D eigenvalue weighted by molar-refractivity contribution is 6.33. The van der Waals surface area contributed by atoms with Crippen LogP contribution in [0.25, 0.3) is 0 Å². The van der Waals surface area contributed by atoms with Crippen molar-refractivity contribution in [1.29, 1.82) is 0 Å². The van der Waals surface area contributed by atoms with Crippen molar-refractivity contribution in [3.05, 3.63) is 22.6 Å². The van der Waals surface area contributed by atoms with Crippen molar-refractivity contribution in [2.24, 2.45) is 0 Å². The smallest absolute Gasteiger partial charge is 0.194 e. The molecule has 1 heterocycles. The molecule has 1 nitrogen and oxygen atoms in total. The fourth-order valence-corrected chi connectivity index (χ4v) is 0.651. The second-order valence-electron chi connectivity index (χ2n) is 1.07. The quantitative estimate of drug-likeness (QED) is 0.535. The molecule has 0 saturated heterocycles. The lowest BCUT2D eigenvalue weighted by atomic mass is 10.7. The predicted octanol–water partition coefficient (Wildman–Crippen LogP) is 2.59. The van der Waals surface area contributed by atoms with Gasteiger partial charge in [0.2, 0.25) is 0 Å². The van der Waals surface area contributed by atoms with Gasteiger partial charge in [0.25, 0.3) is 0 Å². The van der Waals surface area contributed by atoms with E-state index >= 15 is 0 Å². The fourth-order valence-electron chi connectivity index (χ4n) is 0.289. The molecule has 1 aromatic rings. The molecule has 0 unspecified atom stereocenters. The Bertz CT molecular complexity index is 142. The van der Waals surface area contributed by atoms with Crippen LogP contribution in [0.1, 0.15) is 0 Å². The molecule has 0 bridgehead atoms. The highest BCUT2D eigenvalue weighted by atomic mass is 35.5. The predicted molar refractivity (Wildman–Crippen MR) is 28.7 cm³/mol. The standard InChI is InChI=1S/C4H2Cl2O/c5-3-1-4(6)7-2-3/h1-2H. The van der Waals surface area contributed by atoms with E-state index in [1.807, 2.05) is 0 Å². The first kappa shape index (κ1) is 5.01. The van der Waals surface area contributed by atoms with Gasteiger partial charge in [0.15, 0.2) is 5.22 Å². The maximum atomic E-state index is 5.38. The summed E-state index contributed by atoms with van der Waals surface area (Å²) in [6.07, 6.45) is 1.38. The van der Waals surface area contributed by atoms with Gasteiger partial charge < -0.3 is 4.42 Å². The zero-order valence-electron chi connectivity index (χ0n) is 3.32. The highest BCUT2D eigenvalue weighted by Crippen LogP contribution is 2.16. The number of hydrogen-bond donors (Lipinski definition) is 0. The Balaban J connectivity index is 3.04. The van der Waals surface area contributed by atoms with Gasteiger partial charge in [-0.25, -0.2) is 0 Å². The number of furan rings is 1. The number of halogens is 2. The highest BCUT2D eigenvalue weighted by Gasteiger charge is 1.90. The van der Waals surface area contributed by atoms with Crippen LogP contribution in [0.5, 0.6) is 0 Å². The van der Waals surface area contributed by atoms with Crippen LogP contribution in [0.3, 0.4) is 0 Å². The Morgan fingerprint density at radius 3 is 2.29 bits per heavy atom. The normalized spacial score (nSPS) is 9.43. The molecule has 0 saturated carbocycles. The van der Waals surface area contributed by atoms with Gasteiger partial charge in [0, 0.05) is 6.07 Å². The Morgan fingerprint density at radius 2 is 2.14 bits per heavy atom. The van der Waals surface area contributed by atoms with Crippen LogP contribution in [0, 0.1) is 0 Å². The third-order valence-corrected chi connectivity index (χ3v) is 0.932. The van der Waals surface area contributed by atoms with Crippen molar-refractivity contribution in [1.82, 2.24) is 0 Å². The van der Waals surface area contributed by atoms with Gasteiger partial charge in [-0.15, -0.1) is 0 Å². The van der Waals surface area contributed by atoms with Crippen LogP contribution < -0.4 is 0 Å². The van der Waals surface area contributed by atoms with Crippen LogP contribution >= 0.6 is 23.2 Å². The molecule has 0 fully saturated rings. The van der Waals surface area contributed by atoms with Gasteiger partial charge in [0.05, 0.1) is 5.02 Å². The zero-order chi connectivity index (χ0) is 5.28. The second kappa shape index (κ2) is 1.76. The molecule has 0 amide bonds. The van der Waals surface area contributed by atoms with Crippen molar-refractivity contribution in [3.63, 3.8) is 0 Å². The van der Waals surface area contributed by atoms with E-state index in [4.69, 9.17) is 23.2 Å². The fraction of sp³-hybridized carbons (Fsp3) is 0. The number of hydrogen-bond acceptors (Lipinski definition) is 1. The Hall–Kier alpha value is -0.140. The minimum atomic E-state index is 0.324. The average molecular weight is 137 g/mol. The van der Waals surface area contributed by atoms with Crippen molar-refractivity contribution in [3.8, 4) is 0 Å². The van der Waals surface area contributed by atoms with Crippen molar-refractivity contribution < 1.29 is 4.42 Å². The lowest BCUT2D eigenvalue weighted by Gasteiger charge is -1.65. The molecule has 38 valence electrons. The summed E-state index contributed by atoms with van der Waals surface area (Å²) < 4.78 is 4.60. The monoisotopic (exact) mass is 136 g/mol. The van der Waals surface area contributed by atoms with Gasteiger partial charge in [-0.2, -0.15) is 0 Å². The molecule has 0 aliphatic heterocycles. The van der Waals surface area contributed by atoms with Crippen LogP contribution in [-0.4, -0.2) is 0 Å². The van der Waals surface area contributed by atoms with E-state index in [0.717, 1.165) is 0 Å². The molecule has 1 aromatic heterocycles. The summed E-state index contributed by atoms with van der Waals surface area (Å²) in [7, 11) is 0. The van der Waals surface area contributed by atoms with Crippen LogP contribution in [0.2, 0.25) is 10.2 Å². The summed E-state index contributed by atoms with van der Waals surface area (Å²) in [5.41, 5.74) is 0. The van der Waals surface area contributed by atoms with Crippen LogP contribution in [0.4, 0.5) is 0 Å². The Morgan fingerprint density at radius 1 is 1.43 bits per heavy atom. The molecule has 0 aliphatic carbocycles. The summed E-state index contributed by atoms with van der Waals surface area (Å²) in [5.74, 6) is 0. The average Bonchev–Trinajstić information content (AvgIpc) is 1.87. The molecular weight excluding hydrogens is 135 g/mol. The maximum Gasteiger partial charge on any atom is 0.194 e. The van der Waals surface area contributed by atoms with Gasteiger partial charge in [-0.05, 0) is 11.6 Å². The molecule has 0 N–H and O–H groups in total. The summed E-state index contributed by atoms with van der Waals surface area (Å²) in [5, 5.41) is 0.856. The van der Waals surface area contributed by atoms with Gasteiger partial charge in [-0.1, -0.05) is 11.6 Å². The number of rotatable bonds is 0. The molecule has 0 aliphatic rings. The first-order valence-corrected chi connectivity index (χ1v) is 2.44. The first-order chi connectivity index (χ1) is 3.29. The Labute approximate surface area is 50.8 Å². The topological polar surface area (TPSA) is 13.1 Å². The summed E-state index contributed by atoms with van der Waals surface area (Å²) in [6.45, 7) is 0. The molecule has 0 atom stereocenters. The van der Waals surface area contributed by atoms with E-state index in [0.29, 0.717) is 10.2 Å². The molecule has 0 aromatic carbocycles. The molecule has 1 rings (SSSR count). The second-order valence-corrected chi connectivity index (χ2v) is 1.88. The molecule has 0 radical (unpaired) electrons. The lowest BCUT2D eigenvalue weighted by molar-refractivity contribution is 0.569. The SMILES string of the molecule is Clc1coc(Cl)c1. The van der Waals surface area contributed by atoms with E-state index in [1.165, 1.54) is 12.3 Å². The summed E-state index contributed by atoms with van der Waals surface area (Å²) in [6, 6.07) is 1.53. The summed E-state index contributed by atoms with van der Waals surface area (Å²) in [4.78, 5) is 0. The van der Waals surface area contributed by atoms with Crippen LogP contribution in [-0.2, 0) is 0 Å². The van der Waals surface area contributed by atoms with Gasteiger partial charge >= 0.3 is 0 Å². The molecular formula is C4H2Cl2O. The van der Waals surface area contributed by atoms with Crippen molar-refractivity contribution in [2.45, 2.75) is 0 Å².